The third-order valence-electron chi connectivity index (χ3n) is 3.89. The molecule has 0 aliphatic carbocycles. The molecule has 0 spiro atoms. The second-order valence-electron chi connectivity index (χ2n) is 6.04. The van der Waals surface area contributed by atoms with Gasteiger partial charge in [-0.05, 0) is 36.6 Å². The van der Waals surface area contributed by atoms with Crippen LogP contribution in [0.3, 0.4) is 0 Å². The van der Waals surface area contributed by atoms with Crippen molar-refractivity contribution in [2.45, 2.75) is 26.8 Å². The summed E-state index contributed by atoms with van der Waals surface area (Å²) in [7, 11) is 0. The number of anilines is 1. The van der Waals surface area contributed by atoms with Gasteiger partial charge in [0.15, 0.2) is 0 Å². The van der Waals surface area contributed by atoms with Crippen LogP contribution in [0.25, 0.3) is 0 Å². The molecule has 0 saturated heterocycles. The fourth-order valence-electron chi connectivity index (χ4n) is 2.67. The molecule has 0 aromatic heterocycles. The zero-order valence-corrected chi connectivity index (χ0v) is 15.4. The van der Waals surface area contributed by atoms with E-state index in [2.05, 4.69) is 12.2 Å². The minimum absolute atomic E-state index is 0.0746. The summed E-state index contributed by atoms with van der Waals surface area (Å²) < 4.78 is 5.03. The minimum atomic E-state index is -0.329. The largest absolute Gasteiger partial charge is 0.465 e. The van der Waals surface area contributed by atoms with E-state index in [-0.39, 0.29) is 25.0 Å². The quantitative estimate of drug-likeness (QED) is 0.702. The number of carbonyl (C=O) groups excluding carboxylic acids is 2. The van der Waals surface area contributed by atoms with Gasteiger partial charge in [-0.25, -0.2) is 0 Å². The van der Waals surface area contributed by atoms with Crippen LogP contribution in [0.5, 0.6) is 0 Å². The van der Waals surface area contributed by atoms with Crippen LogP contribution < -0.4 is 5.32 Å². The predicted octanol–water partition coefficient (Wildman–Crippen LogP) is 3.25. The maximum absolute atomic E-state index is 12.4. The van der Waals surface area contributed by atoms with Gasteiger partial charge in [-0.3, -0.25) is 14.5 Å². The molecule has 0 heterocycles. The number of nitrogens with zero attached hydrogens (tertiary/aromatic N) is 1. The summed E-state index contributed by atoms with van der Waals surface area (Å²) in [6.45, 7) is 4.86. The fourth-order valence-corrected chi connectivity index (χ4v) is 2.67. The summed E-state index contributed by atoms with van der Waals surface area (Å²) in [6, 6.07) is 17.5. The Hall–Kier alpha value is -2.66. The average molecular weight is 354 g/mol. The Labute approximate surface area is 155 Å². The monoisotopic (exact) mass is 354 g/mol. The van der Waals surface area contributed by atoms with E-state index in [1.54, 1.807) is 11.8 Å². The van der Waals surface area contributed by atoms with Gasteiger partial charge in [0, 0.05) is 12.2 Å². The minimum Gasteiger partial charge on any atom is -0.465 e. The molecule has 0 saturated carbocycles. The Morgan fingerprint density at radius 2 is 1.69 bits per heavy atom. The van der Waals surface area contributed by atoms with Crippen molar-refractivity contribution < 1.29 is 14.3 Å². The van der Waals surface area contributed by atoms with E-state index < -0.39 is 0 Å². The van der Waals surface area contributed by atoms with Crippen LogP contribution in [0.1, 0.15) is 25.0 Å². The van der Waals surface area contributed by atoms with Crippen molar-refractivity contribution >= 4 is 17.6 Å². The summed E-state index contributed by atoms with van der Waals surface area (Å²) in [5.74, 6) is -0.484. The number of amides is 1. The molecule has 5 nitrogen and oxygen atoms in total. The van der Waals surface area contributed by atoms with Gasteiger partial charge in [-0.1, -0.05) is 49.4 Å². The van der Waals surface area contributed by atoms with E-state index in [9.17, 15) is 9.59 Å². The van der Waals surface area contributed by atoms with Crippen LogP contribution in [0.4, 0.5) is 5.69 Å². The molecule has 5 heteroatoms. The number of benzene rings is 2. The van der Waals surface area contributed by atoms with E-state index in [4.69, 9.17) is 4.74 Å². The van der Waals surface area contributed by atoms with Crippen molar-refractivity contribution in [3.8, 4) is 0 Å². The van der Waals surface area contributed by atoms with Crippen LogP contribution in [0.2, 0.25) is 0 Å². The first kappa shape index (κ1) is 19.7. The van der Waals surface area contributed by atoms with Crippen LogP contribution in [0.15, 0.2) is 54.6 Å². The van der Waals surface area contributed by atoms with Crippen molar-refractivity contribution in [3.05, 3.63) is 65.7 Å². The number of carbonyl (C=O) groups is 2. The summed E-state index contributed by atoms with van der Waals surface area (Å²) in [5, 5.41) is 2.91. The van der Waals surface area contributed by atoms with Gasteiger partial charge in [-0.2, -0.15) is 0 Å². The zero-order valence-electron chi connectivity index (χ0n) is 15.4. The molecule has 1 amide bonds. The lowest BCUT2D eigenvalue weighted by molar-refractivity contribution is -0.144. The van der Waals surface area contributed by atoms with Crippen molar-refractivity contribution in [2.75, 3.05) is 25.0 Å². The highest BCUT2D eigenvalue weighted by molar-refractivity contribution is 5.92. The van der Waals surface area contributed by atoms with Gasteiger partial charge in [-0.15, -0.1) is 0 Å². The van der Waals surface area contributed by atoms with E-state index in [1.807, 2.05) is 54.6 Å². The molecular formula is C21H26N2O3. The first-order valence-corrected chi connectivity index (χ1v) is 8.91. The van der Waals surface area contributed by atoms with Gasteiger partial charge < -0.3 is 10.1 Å². The molecule has 2 aromatic carbocycles. The maximum atomic E-state index is 12.4. The summed E-state index contributed by atoms with van der Waals surface area (Å²) in [5.41, 5.74) is 2.97. The topological polar surface area (TPSA) is 58.6 Å². The summed E-state index contributed by atoms with van der Waals surface area (Å²) in [6.07, 6.45) is 0.909. The highest BCUT2D eigenvalue weighted by Gasteiger charge is 2.16. The van der Waals surface area contributed by atoms with Crippen LogP contribution >= 0.6 is 0 Å². The molecule has 0 bridgehead atoms. The zero-order chi connectivity index (χ0) is 18.8. The molecule has 1 N–H and O–H groups in total. The molecular weight excluding hydrogens is 328 g/mol. The smallest absolute Gasteiger partial charge is 0.320 e. The molecule has 2 rings (SSSR count). The molecule has 26 heavy (non-hydrogen) atoms. The third-order valence-corrected chi connectivity index (χ3v) is 3.89. The lowest BCUT2D eigenvalue weighted by Crippen LogP contribution is -2.37. The number of esters is 1. The highest BCUT2D eigenvalue weighted by Crippen LogP contribution is 2.11. The van der Waals surface area contributed by atoms with Gasteiger partial charge in [0.05, 0.1) is 19.7 Å². The van der Waals surface area contributed by atoms with Crippen molar-refractivity contribution in [3.63, 3.8) is 0 Å². The molecule has 2 aromatic rings. The number of ether oxygens (including phenoxy) is 1. The van der Waals surface area contributed by atoms with Crippen molar-refractivity contribution in [2.24, 2.45) is 0 Å². The first-order valence-electron chi connectivity index (χ1n) is 8.91. The molecule has 0 atom stereocenters. The lowest BCUT2D eigenvalue weighted by Gasteiger charge is -2.21. The maximum Gasteiger partial charge on any atom is 0.320 e. The van der Waals surface area contributed by atoms with Crippen LogP contribution in [-0.4, -0.2) is 36.5 Å². The Bertz CT molecular complexity index is 716. The molecule has 0 radical (unpaired) electrons. The number of hydrogen-bond acceptors (Lipinski definition) is 4. The summed E-state index contributed by atoms with van der Waals surface area (Å²) in [4.78, 5) is 26.1. The third kappa shape index (κ3) is 6.69. The number of nitrogens with one attached hydrogen (secondary N) is 1. The molecule has 0 aliphatic heterocycles. The van der Waals surface area contributed by atoms with Gasteiger partial charge >= 0.3 is 5.97 Å². The van der Waals surface area contributed by atoms with Crippen LogP contribution in [0, 0.1) is 0 Å². The van der Waals surface area contributed by atoms with E-state index in [0.29, 0.717) is 13.2 Å². The Morgan fingerprint density at radius 1 is 0.962 bits per heavy atom. The summed E-state index contributed by atoms with van der Waals surface area (Å²) >= 11 is 0. The predicted molar refractivity (Wildman–Crippen MR) is 103 cm³/mol. The number of aryl methyl sites for hydroxylation is 1. The Kier molecular flexibility index (Phi) is 7.83. The standard InChI is InChI=1S/C21H26N2O3/c1-3-17-11-8-12-19(13-17)22-20(24)15-23(16-21(25)26-4-2)14-18-9-6-5-7-10-18/h5-13H,3-4,14-16H2,1-2H3,(H,22,24). The number of hydrogen-bond donors (Lipinski definition) is 1. The van der Waals surface area contributed by atoms with Gasteiger partial charge in [0.1, 0.15) is 0 Å². The molecule has 0 fully saturated rings. The SMILES string of the molecule is CCOC(=O)CN(CC(=O)Nc1cccc(CC)c1)Cc1ccccc1. The van der Waals surface area contributed by atoms with E-state index in [0.717, 1.165) is 23.2 Å². The molecule has 0 aliphatic rings. The average Bonchev–Trinajstić information content (AvgIpc) is 2.62. The van der Waals surface area contributed by atoms with Gasteiger partial charge in [0.25, 0.3) is 0 Å². The molecule has 0 unspecified atom stereocenters. The van der Waals surface area contributed by atoms with E-state index in [1.165, 1.54) is 0 Å². The lowest BCUT2D eigenvalue weighted by atomic mass is 10.1. The number of rotatable bonds is 9. The highest BCUT2D eigenvalue weighted by atomic mass is 16.5. The van der Waals surface area contributed by atoms with Crippen LogP contribution in [-0.2, 0) is 27.3 Å². The van der Waals surface area contributed by atoms with Crippen molar-refractivity contribution in [1.82, 2.24) is 4.90 Å². The Morgan fingerprint density at radius 3 is 2.38 bits per heavy atom. The van der Waals surface area contributed by atoms with E-state index >= 15 is 0 Å². The fraction of sp³-hybridized carbons (Fsp3) is 0.333. The Balaban J connectivity index is 2.01. The second-order valence-corrected chi connectivity index (χ2v) is 6.04. The van der Waals surface area contributed by atoms with Crippen molar-refractivity contribution in [1.29, 1.82) is 0 Å². The normalized spacial score (nSPS) is 10.6. The molecule has 138 valence electrons. The second kappa shape index (κ2) is 10.4. The first-order chi connectivity index (χ1) is 12.6. The van der Waals surface area contributed by atoms with Gasteiger partial charge in [0.2, 0.25) is 5.91 Å².